The molecule has 0 N–H and O–H groups in total. The van der Waals surface area contributed by atoms with Crippen LogP contribution in [-0.2, 0) is 6.54 Å². The Morgan fingerprint density at radius 2 is 2.00 bits per heavy atom. The minimum atomic E-state index is 0.817. The molecule has 16 heavy (non-hydrogen) atoms. The summed E-state index contributed by atoms with van der Waals surface area (Å²) < 4.78 is 0. The van der Waals surface area contributed by atoms with Gasteiger partial charge in [0.1, 0.15) is 6.29 Å². The fourth-order valence-electron chi connectivity index (χ4n) is 1.76. The molecule has 0 atom stereocenters. The predicted molar refractivity (Wildman–Crippen MR) is 67.7 cm³/mol. The smallest absolute Gasteiger partial charge is 0.150 e. The lowest BCUT2D eigenvalue weighted by Gasteiger charge is -2.20. The maximum Gasteiger partial charge on any atom is 0.150 e. The molecular weight excluding hydrogens is 198 g/mol. The first-order valence-electron chi connectivity index (χ1n) is 6.07. The molecule has 0 spiro atoms. The van der Waals surface area contributed by atoms with E-state index >= 15 is 0 Å². The van der Waals surface area contributed by atoms with Gasteiger partial charge in [0, 0.05) is 12.1 Å². The summed E-state index contributed by atoms with van der Waals surface area (Å²) in [6.45, 7) is 7.39. The zero-order chi connectivity index (χ0) is 11.8. The first-order chi connectivity index (χ1) is 7.81. The van der Waals surface area contributed by atoms with Crippen LogP contribution in [0.3, 0.4) is 0 Å². The molecular formula is C14H21NO. The van der Waals surface area contributed by atoms with E-state index in [1.54, 1.807) is 0 Å². The van der Waals surface area contributed by atoms with Crippen molar-refractivity contribution in [2.24, 2.45) is 0 Å². The van der Waals surface area contributed by atoms with Gasteiger partial charge in [-0.15, -0.1) is 0 Å². The van der Waals surface area contributed by atoms with Crippen molar-refractivity contribution in [3.05, 3.63) is 35.4 Å². The molecule has 2 nitrogen and oxygen atoms in total. The Kier molecular flexibility index (Phi) is 5.79. The number of nitrogens with zero attached hydrogens (tertiary/aromatic N) is 1. The van der Waals surface area contributed by atoms with Crippen LogP contribution in [0.1, 0.15) is 42.6 Å². The highest BCUT2D eigenvalue weighted by molar-refractivity contribution is 5.77. The molecule has 0 aromatic heterocycles. The number of rotatable bonds is 7. The summed E-state index contributed by atoms with van der Waals surface area (Å²) in [7, 11) is 0. The highest BCUT2D eigenvalue weighted by Crippen LogP contribution is 2.10. The molecule has 0 radical (unpaired) electrons. The Labute approximate surface area is 98.3 Å². The second-order valence-corrected chi connectivity index (χ2v) is 4.04. The van der Waals surface area contributed by atoms with Gasteiger partial charge in [-0.2, -0.15) is 0 Å². The molecule has 2 heteroatoms. The van der Waals surface area contributed by atoms with Gasteiger partial charge in [0.15, 0.2) is 0 Å². The Hall–Kier alpha value is -1.15. The number of benzene rings is 1. The highest BCUT2D eigenvalue weighted by Gasteiger charge is 2.06. The number of carbonyl (C=O) groups excluding carboxylic acids is 1. The average molecular weight is 219 g/mol. The van der Waals surface area contributed by atoms with Crippen molar-refractivity contribution >= 4 is 6.29 Å². The number of carbonyl (C=O) groups is 1. The van der Waals surface area contributed by atoms with Crippen LogP contribution in [0.15, 0.2) is 24.3 Å². The lowest BCUT2D eigenvalue weighted by atomic mass is 10.1. The third-order valence-corrected chi connectivity index (χ3v) is 2.85. The summed E-state index contributed by atoms with van der Waals surface area (Å²) in [5.74, 6) is 0. The summed E-state index contributed by atoms with van der Waals surface area (Å²) in [6, 6.07) is 7.83. The van der Waals surface area contributed by atoms with Crippen LogP contribution in [0.2, 0.25) is 0 Å². The Balaban J connectivity index is 2.65. The van der Waals surface area contributed by atoms with E-state index in [1.807, 2.05) is 24.3 Å². The van der Waals surface area contributed by atoms with Gasteiger partial charge in [0.05, 0.1) is 0 Å². The van der Waals surface area contributed by atoms with Crippen molar-refractivity contribution in [1.29, 1.82) is 0 Å². The fourth-order valence-corrected chi connectivity index (χ4v) is 1.76. The number of hydrogen-bond acceptors (Lipinski definition) is 2. The Bertz CT molecular complexity index is 322. The van der Waals surface area contributed by atoms with E-state index in [2.05, 4.69) is 18.7 Å². The van der Waals surface area contributed by atoms with Gasteiger partial charge >= 0.3 is 0 Å². The molecule has 0 saturated heterocycles. The van der Waals surface area contributed by atoms with Crippen molar-refractivity contribution < 1.29 is 4.79 Å². The second kappa shape index (κ2) is 7.18. The van der Waals surface area contributed by atoms with Crippen molar-refractivity contribution in [3.8, 4) is 0 Å². The van der Waals surface area contributed by atoms with Gasteiger partial charge in [-0.1, -0.05) is 44.5 Å². The largest absolute Gasteiger partial charge is 0.299 e. The average Bonchev–Trinajstić information content (AvgIpc) is 2.34. The lowest BCUT2D eigenvalue weighted by Crippen LogP contribution is -2.24. The molecule has 0 bridgehead atoms. The van der Waals surface area contributed by atoms with Crippen LogP contribution in [-0.4, -0.2) is 24.3 Å². The van der Waals surface area contributed by atoms with E-state index < -0.39 is 0 Å². The first kappa shape index (κ1) is 12.9. The predicted octanol–water partition coefficient (Wildman–Crippen LogP) is 3.12. The molecule has 88 valence electrons. The lowest BCUT2D eigenvalue weighted by molar-refractivity contribution is 0.112. The molecule has 0 aliphatic carbocycles. The van der Waals surface area contributed by atoms with Crippen molar-refractivity contribution in [3.63, 3.8) is 0 Å². The van der Waals surface area contributed by atoms with E-state index in [1.165, 1.54) is 12.8 Å². The zero-order valence-corrected chi connectivity index (χ0v) is 10.3. The van der Waals surface area contributed by atoms with Crippen molar-refractivity contribution in [2.45, 2.75) is 33.2 Å². The molecule has 1 rings (SSSR count). The molecule has 0 aliphatic heterocycles. The van der Waals surface area contributed by atoms with Gasteiger partial charge in [-0.25, -0.2) is 0 Å². The second-order valence-electron chi connectivity index (χ2n) is 4.04. The maximum absolute atomic E-state index is 10.9. The molecule has 0 fully saturated rings. The van der Waals surface area contributed by atoms with E-state index in [0.29, 0.717) is 0 Å². The van der Waals surface area contributed by atoms with Gasteiger partial charge in [0.2, 0.25) is 0 Å². The van der Waals surface area contributed by atoms with E-state index in [-0.39, 0.29) is 0 Å². The standard InChI is InChI=1S/C14H21NO/c1-3-5-10-15(4-2)11-13-8-6-7-9-14(13)12-16/h6-9,12H,3-5,10-11H2,1-2H3. The monoisotopic (exact) mass is 219 g/mol. The maximum atomic E-state index is 10.9. The summed E-state index contributed by atoms with van der Waals surface area (Å²) >= 11 is 0. The Morgan fingerprint density at radius 1 is 1.25 bits per heavy atom. The van der Waals surface area contributed by atoms with Crippen LogP contribution in [0.4, 0.5) is 0 Å². The first-order valence-corrected chi connectivity index (χ1v) is 6.07. The van der Waals surface area contributed by atoms with Crippen LogP contribution < -0.4 is 0 Å². The fraction of sp³-hybridized carbons (Fsp3) is 0.500. The van der Waals surface area contributed by atoms with Gasteiger partial charge in [-0.3, -0.25) is 9.69 Å². The normalized spacial score (nSPS) is 10.7. The quantitative estimate of drug-likeness (QED) is 0.657. The van der Waals surface area contributed by atoms with Gasteiger partial charge < -0.3 is 0 Å². The summed E-state index contributed by atoms with van der Waals surface area (Å²) in [5.41, 5.74) is 1.95. The van der Waals surface area contributed by atoms with Crippen molar-refractivity contribution in [2.75, 3.05) is 13.1 Å². The minimum absolute atomic E-state index is 0.817. The minimum Gasteiger partial charge on any atom is -0.299 e. The van der Waals surface area contributed by atoms with E-state index in [0.717, 1.165) is 37.0 Å². The summed E-state index contributed by atoms with van der Waals surface area (Å²) in [6.07, 6.45) is 3.38. The Morgan fingerprint density at radius 3 is 2.62 bits per heavy atom. The molecule has 1 aromatic carbocycles. The van der Waals surface area contributed by atoms with Gasteiger partial charge in [0.25, 0.3) is 0 Å². The molecule has 1 aromatic rings. The SMILES string of the molecule is CCCCN(CC)Cc1ccccc1C=O. The molecule has 0 saturated carbocycles. The summed E-state index contributed by atoms with van der Waals surface area (Å²) in [5, 5.41) is 0. The molecule has 0 amide bonds. The van der Waals surface area contributed by atoms with Crippen LogP contribution in [0.5, 0.6) is 0 Å². The third-order valence-electron chi connectivity index (χ3n) is 2.85. The molecule has 0 unspecified atom stereocenters. The van der Waals surface area contributed by atoms with Crippen LogP contribution >= 0.6 is 0 Å². The van der Waals surface area contributed by atoms with Crippen LogP contribution in [0, 0.1) is 0 Å². The third kappa shape index (κ3) is 3.78. The van der Waals surface area contributed by atoms with Crippen LogP contribution in [0.25, 0.3) is 0 Å². The topological polar surface area (TPSA) is 20.3 Å². The summed E-state index contributed by atoms with van der Waals surface area (Å²) in [4.78, 5) is 13.3. The van der Waals surface area contributed by atoms with Crippen molar-refractivity contribution in [1.82, 2.24) is 4.90 Å². The molecule has 0 heterocycles. The zero-order valence-electron chi connectivity index (χ0n) is 10.3. The van der Waals surface area contributed by atoms with E-state index in [9.17, 15) is 4.79 Å². The van der Waals surface area contributed by atoms with E-state index in [4.69, 9.17) is 0 Å². The van der Waals surface area contributed by atoms with Gasteiger partial charge in [-0.05, 0) is 25.1 Å². The molecule has 0 aliphatic rings. The number of unbranched alkanes of at least 4 members (excludes halogenated alkanes) is 1. The number of aldehydes is 1. The number of hydrogen-bond donors (Lipinski definition) is 0. The highest BCUT2D eigenvalue weighted by atomic mass is 16.1.